The van der Waals surface area contributed by atoms with Gasteiger partial charge in [0.25, 0.3) is 5.56 Å². The fourth-order valence-corrected chi connectivity index (χ4v) is 6.41. The molecule has 0 saturated carbocycles. The Morgan fingerprint density at radius 3 is 2.61 bits per heavy atom. The maximum Gasteiger partial charge on any atom is 0.309 e. The molecule has 3 heterocycles. The number of likely N-dealkylation sites (tertiary alicyclic amines) is 1. The zero-order valence-corrected chi connectivity index (χ0v) is 21.0. The van der Waals surface area contributed by atoms with E-state index in [1.807, 2.05) is 4.90 Å². The molecule has 33 heavy (non-hydrogen) atoms. The van der Waals surface area contributed by atoms with Crippen LogP contribution in [0.15, 0.2) is 4.79 Å². The van der Waals surface area contributed by atoms with Crippen molar-refractivity contribution in [3.63, 3.8) is 0 Å². The van der Waals surface area contributed by atoms with Crippen LogP contribution in [0.4, 0.5) is 0 Å². The SMILES string of the molecule is CCOC(=O)C1CCN(C(=O)CCc2nc3sc4c(c3c(=O)[nH]2)CCC(C(C)(C)C)C4)CC1. The number of esters is 1. The van der Waals surface area contributed by atoms with Gasteiger partial charge in [0.1, 0.15) is 10.7 Å². The number of aryl methyl sites for hydroxylation is 2. The highest BCUT2D eigenvalue weighted by molar-refractivity contribution is 7.18. The summed E-state index contributed by atoms with van der Waals surface area (Å²) in [5.74, 6) is 0.957. The number of hydrogen-bond donors (Lipinski definition) is 1. The zero-order valence-electron chi connectivity index (χ0n) is 20.2. The van der Waals surface area contributed by atoms with Crippen LogP contribution in [0, 0.1) is 17.3 Å². The molecule has 7 nitrogen and oxygen atoms in total. The Balaban J connectivity index is 1.39. The number of piperidine rings is 1. The standard InChI is InChI=1S/C25H35N3O4S/c1-5-32-24(31)15-10-12-28(13-11-15)20(29)9-8-19-26-22(30)21-17-7-6-16(25(2,3)4)14-18(17)33-23(21)27-19/h15-16H,5-14H2,1-4H3,(H,26,27,30). The molecule has 1 unspecified atom stereocenters. The molecular weight excluding hydrogens is 438 g/mol. The number of H-pyrrole nitrogens is 1. The molecule has 1 amide bonds. The zero-order chi connectivity index (χ0) is 23.8. The number of hydrogen-bond acceptors (Lipinski definition) is 6. The molecule has 0 radical (unpaired) electrons. The molecule has 1 fully saturated rings. The van der Waals surface area contributed by atoms with Gasteiger partial charge in [0, 0.05) is 30.8 Å². The number of carbonyl (C=O) groups is 2. The van der Waals surface area contributed by atoms with E-state index in [9.17, 15) is 14.4 Å². The Morgan fingerprint density at radius 1 is 1.21 bits per heavy atom. The Labute approximate surface area is 198 Å². The number of ether oxygens (including phenoxy) is 1. The van der Waals surface area contributed by atoms with Crippen molar-refractivity contribution in [3.8, 4) is 0 Å². The Hall–Kier alpha value is -2.22. The van der Waals surface area contributed by atoms with E-state index in [1.54, 1.807) is 18.3 Å². The molecular formula is C25H35N3O4S. The molecule has 2 aromatic heterocycles. The molecule has 0 bridgehead atoms. The molecule has 1 aliphatic carbocycles. The molecule has 1 N–H and O–H groups in total. The van der Waals surface area contributed by atoms with Gasteiger partial charge in [-0.3, -0.25) is 14.4 Å². The van der Waals surface area contributed by atoms with Crippen molar-refractivity contribution in [2.45, 2.75) is 72.6 Å². The molecule has 8 heteroatoms. The highest BCUT2D eigenvalue weighted by Crippen LogP contribution is 2.42. The second kappa shape index (κ2) is 9.57. The summed E-state index contributed by atoms with van der Waals surface area (Å²) in [5.41, 5.74) is 1.35. The summed E-state index contributed by atoms with van der Waals surface area (Å²) < 4.78 is 5.10. The number of rotatable bonds is 5. The van der Waals surface area contributed by atoms with Gasteiger partial charge < -0.3 is 14.6 Å². The normalized spacial score (nSPS) is 19.5. The molecule has 0 spiro atoms. The number of carbonyl (C=O) groups excluding carboxylic acids is 2. The van der Waals surface area contributed by atoms with Gasteiger partial charge in [-0.05, 0) is 55.9 Å². The number of amides is 1. The maximum absolute atomic E-state index is 12.9. The van der Waals surface area contributed by atoms with Gasteiger partial charge in [0.2, 0.25) is 5.91 Å². The first-order valence-corrected chi connectivity index (χ1v) is 13.0. The maximum atomic E-state index is 12.9. The van der Waals surface area contributed by atoms with Gasteiger partial charge in [0.05, 0.1) is 17.9 Å². The second-order valence-corrected chi connectivity index (χ2v) is 11.5. The summed E-state index contributed by atoms with van der Waals surface area (Å²) in [6, 6.07) is 0. The topological polar surface area (TPSA) is 92.4 Å². The summed E-state index contributed by atoms with van der Waals surface area (Å²) in [6.45, 7) is 10.2. The summed E-state index contributed by atoms with van der Waals surface area (Å²) in [5, 5.41) is 0.749. The van der Waals surface area contributed by atoms with E-state index in [4.69, 9.17) is 9.72 Å². The molecule has 1 saturated heterocycles. The van der Waals surface area contributed by atoms with E-state index in [0.717, 1.165) is 29.5 Å². The summed E-state index contributed by atoms with van der Waals surface area (Å²) in [7, 11) is 0. The van der Waals surface area contributed by atoms with Crippen molar-refractivity contribution in [2.24, 2.45) is 17.3 Å². The highest BCUT2D eigenvalue weighted by Gasteiger charge is 2.32. The third-order valence-corrected chi connectivity index (χ3v) is 8.38. The summed E-state index contributed by atoms with van der Waals surface area (Å²) >= 11 is 1.65. The number of aromatic amines is 1. The minimum absolute atomic E-state index is 0.0403. The lowest BCUT2D eigenvalue weighted by molar-refractivity contribution is -0.151. The molecule has 1 aliphatic heterocycles. The quantitative estimate of drug-likeness (QED) is 0.666. The fraction of sp³-hybridized carbons (Fsp3) is 0.680. The molecule has 2 aromatic rings. The van der Waals surface area contributed by atoms with Crippen molar-refractivity contribution in [2.75, 3.05) is 19.7 Å². The predicted octanol–water partition coefficient (Wildman–Crippen LogP) is 3.87. The lowest BCUT2D eigenvalue weighted by Crippen LogP contribution is -2.40. The molecule has 0 aromatic carbocycles. The minimum atomic E-state index is -0.160. The largest absolute Gasteiger partial charge is 0.466 e. The lowest BCUT2D eigenvalue weighted by atomic mass is 9.72. The van der Waals surface area contributed by atoms with E-state index >= 15 is 0 Å². The monoisotopic (exact) mass is 473 g/mol. The number of thiophene rings is 1. The van der Waals surface area contributed by atoms with Crippen LogP contribution in [-0.2, 0) is 33.6 Å². The number of aromatic nitrogens is 2. The third kappa shape index (κ3) is 5.15. The minimum Gasteiger partial charge on any atom is -0.466 e. The number of nitrogens with one attached hydrogen (secondary N) is 1. The predicted molar refractivity (Wildman–Crippen MR) is 129 cm³/mol. The summed E-state index contributed by atoms with van der Waals surface area (Å²) in [6.07, 6.45) is 5.04. The Kier molecular flexibility index (Phi) is 6.93. The van der Waals surface area contributed by atoms with Crippen molar-refractivity contribution in [3.05, 3.63) is 26.6 Å². The van der Waals surface area contributed by atoms with Crippen molar-refractivity contribution in [1.29, 1.82) is 0 Å². The average molecular weight is 474 g/mol. The Morgan fingerprint density at radius 2 is 1.94 bits per heavy atom. The highest BCUT2D eigenvalue weighted by atomic mass is 32.1. The van der Waals surface area contributed by atoms with Crippen molar-refractivity contribution < 1.29 is 14.3 Å². The van der Waals surface area contributed by atoms with E-state index < -0.39 is 0 Å². The fourth-order valence-electron chi connectivity index (χ4n) is 5.09. The first-order valence-electron chi connectivity index (χ1n) is 12.1. The van der Waals surface area contributed by atoms with Crippen LogP contribution < -0.4 is 5.56 Å². The van der Waals surface area contributed by atoms with E-state index in [0.29, 0.717) is 57.1 Å². The van der Waals surface area contributed by atoms with Gasteiger partial charge in [-0.2, -0.15) is 0 Å². The molecule has 4 rings (SSSR count). The van der Waals surface area contributed by atoms with Gasteiger partial charge in [0.15, 0.2) is 0 Å². The lowest BCUT2D eigenvalue weighted by Gasteiger charge is -2.33. The third-order valence-electron chi connectivity index (χ3n) is 7.24. The molecule has 2 aliphatic rings. The van der Waals surface area contributed by atoms with Crippen molar-refractivity contribution >= 4 is 33.4 Å². The van der Waals surface area contributed by atoms with E-state index in [2.05, 4.69) is 25.8 Å². The van der Waals surface area contributed by atoms with Crippen LogP contribution in [0.2, 0.25) is 0 Å². The van der Waals surface area contributed by atoms with Gasteiger partial charge >= 0.3 is 5.97 Å². The van der Waals surface area contributed by atoms with Gasteiger partial charge in [-0.15, -0.1) is 11.3 Å². The average Bonchev–Trinajstić information content (AvgIpc) is 3.15. The smallest absolute Gasteiger partial charge is 0.309 e. The van der Waals surface area contributed by atoms with Crippen LogP contribution in [0.5, 0.6) is 0 Å². The molecule has 180 valence electrons. The molecule has 1 atom stereocenters. The number of fused-ring (bicyclic) bond motifs is 3. The Bertz CT molecular complexity index is 1090. The van der Waals surface area contributed by atoms with Crippen LogP contribution in [0.25, 0.3) is 10.2 Å². The van der Waals surface area contributed by atoms with Crippen LogP contribution in [0.1, 0.15) is 69.6 Å². The van der Waals surface area contributed by atoms with Crippen molar-refractivity contribution in [1.82, 2.24) is 14.9 Å². The van der Waals surface area contributed by atoms with Gasteiger partial charge in [-0.1, -0.05) is 20.8 Å². The second-order valence-electron chi connectivity index (χ2n) is 10.4. The van der Waals surface area contributed by atoms with E-state index in [-0.39, 0.29) is 28.8 Å². The van der Waals surface area contributed by atoms with Crippen LogP contribution in [0.3, 0.4) is 0 Å². The summed E-state index contributed by atoms with van der Waals surface area (Å²) in [4.78, 5) is 49.1. The van der Waals surface area contributed by atoms with Gasteiger partial charge in [-0.25, -0.2) is 4.98 Å². The first-order chi connectivity index (χ1) is 15.7. The van der Waals surface area contributed by atoms with Crippen LogP contribution >= 0.6 is 11.3 Å². The van der Waals surface area contributed by atoms with Crippen LogP contribution in [-0.4, -0.2) is 46.4 Å². The number of nitrogens with zero attached hydrogens (tertiary/aromatic N) is 2. The van der Waals surface area contributed by atoms with E-state index in [1.165, 1.54) is 10.4 Å². The first kappa shape index (κ1) is 23.9.